The minimum atomic E-state index is -0.212. The van der Waals surface area contributed by atoms with Crippen LogP contribution in [0.4, 0.5) is 5.82 Å². The van der Waals surface area contributed by atoms with Crippen molar-refractivity contribution in [3.05, 3.63) is 23.7 Å². The second-order valence-electron chi connectivity index (χ2n) is 5.77. The number of carbonyl (C=O) groups excluding carboxylic acids is 1. The molecule has 3 heterocycles. The van der Waals surface area contributed by atoms with E-state index in [1.807, 2.05) is 17.0 Å². The van der Waals surface area contributed by atoms with E-state index < -0.39 is 0 Å². The van der Waals surface area contributed by atoms with Crippen LogP contribution in [0.5, 0.6) is 5.88 Å². The molecule has 2 fully saturated rings. The number of likely N-dealkylation sites (tertiary alicyclic amines) is 1. The van der Waals surface area contributed by atoms with Gasteiger partial charge >= 0.3 is 0 Å². The van der Waals surface area contributed by atoms with Crippen molar-refractivity contribution in [3.63, 3.8) is 0 Å². The highest BCUT2D eigenvalue weighted by Crippen LogP contribution is 2.43. The van der Waals surface area contributed by atoms with Gasteiger partial charge in [0.15, 0.2) is 0 Å². The number of anilines is 1. The lowest BCUT2D eigenvalue weighted by Crippen LogP contribution is -2.43. The zero-order valence-electron chi connectivity index (χ0n) is 12.1. The third-order valence-corrected chi connectivity index (χ3v) is 5.20. The van der Waals surface area contributed by atoms with Gasteiger partial charge in [-0.3, -0.25) is 9.69 Å². The minimum Gasteiger partial charge on any atom is -0.480 e. The first-order valence-corrected chi connectivity index (χ1v) is 7.93. The predicted octanol–water partition coefficient (Wildman–Crippen LogP) is 2.46. The topological polar surface area (TPSA) is 45.7 Å². The van der Waals surface area contributed by atoms with E-state index in [1.165, 1.54) is 0 Å². The molecule has 0 aliphatic carbocycles. The van der Waals surface area contributed by atoms with E-state index in [4.69, 9.17) is 4.74 Å². The average molecular weight is 353 g/mol. The highest BCUT2D eigenvalue weighted by atomic mass is 79.9. The molecule has 0 N–H and O–H groups in total. The van der Waals surface area contributed by atoms with Crippen molar-refractivity contribution in [1.29, 1.82) is 0 Å². The van der Waals surface area contributed by atoms with E-state index in [0.29, 0.717) is 11.7 Å². The molecule has 0 aromatic carbocycles. The number of halogens is 1. The number of hydrogen-bond acceptors (Lipinski definition) is 4. The van der Waals surface area contributed by atoms with Gasteiger partial charge < -0.3 is 9.64 Å². The fourth-order valence-corrected chi connectivity index (χ4v) is 3.57. The number of rotatable bonds is 2. The number of methoxy groups -OCH3 is 1. The van der Waals surface area contributed by atoms with Gasteiger partial charge in [-0.05, 0) is 60.4 Å². The van der Waals surface area contributed by atoms with Gasteiger partial charge in [0.2, 0.25) is 11.8 Å². The lowest BCUT2D eigenvalue weighted by Gasteiger charge is -2.35. The third-order valence-electron chi connectivity index (χ3n) is 4.59. The summed E-state index contributed by atoms with van der Waals surface area (Å²) in [6.45, 7) is 2.50. The number of aromatic nitrogens is 1. The zero-order chi connectivity index (χ0) is 15.0. The number of carbonyl (C=O) groups is 1. The summed E-state index contributed by atoms with van der Waals surface area (Å²) >= 11 is 3.39. The van der Waals surface area contributed by atoms with Gasteiger partial charge in [0, 0.05) is 13.6 Å². The summed E-state index contributed by atoms with van der Waals surface area (Å²) in [6.07, 6.45) is 2.68. The van der Waals surface area contributed by atoms with Crippen LogP contribution in [0.3, 0.4) is 0 Å². The SMILES string of the molecule is [CH2]N1CCC2(CC1)CCN(c1ccc(Br)c(OC)n1)C2=O. The summed E-state index contributed by atoms with van der Waals surface area (Å²) in [5, 5.41) is 0. The normalized spacial score (nSPS) is 22.0. The molecule has 2 aliphatic rings. The number of amides is 1. The second-order valence-corrected chi connectivity index (χ2v) is 6.62. The van der Waals surface area contributed by atoms with Gasteiger partial charge in [0.1, 0.15) is 5.82 Å². The van der Waals surface area contributed by atoms with Gasteiger partial charge in [0.25, 0.3) is 0 Å². The quantitative estimate of drug-likeness (QED) is 0.820. The van der Waals surface area contributed by atoms with Crippen molar-refractivity contribution < 1.29 is 9.53 Å². The molecule has 2 saturated heterocycles. The molecule has 5 nitrogen and oxygen atoms in total. The van der Waals surface area contributed by atoms with E-state index in [9.17, 15) is 4.79 Å². The van der Waals surface area contributed by atoms with Crippen LogP contribution in [-0.4, -0.2) is 42.5 Å². The number of nitrogens with zero attached hydrogens (tertiary/aromatic N) is 3. The molecule has 0 atom stereocenters. The van der Waals surface area contributed by atoms with Crippen LogP contribution >= 0.6 is 15.9 Å². The highest BCUT2D eigenvalue weighted by molar-refractivity contribution is 9.10. The Morgan fingerprint density at radius 1 is 1.29 bits per heavy atom. The fraction of sp³-hybridized carbons (Fsp3) is 0.533. The molecule has 1 aromatic heterocycles. The van der Waals surface area contributed by atoms with E-state index in [2.05, 4.69) is 28.0 Å². The first-order valence-electron chi connectivity index (χ1n) is 7.14. The Morgan fingerprint density at radius 3 is 2.62 bits per heavy atom. The van der Waals surface area contributed by atoms with Crippen LogP contribution in [-0.2, 0) is 4.79 Å². The number of pyridine rings is 1. The Labute approximate surface area is 133 Å². The van der Waals surface area contributed by atoms with Crippen molar-refractivity contribution in [2.45, 2.75) is 19.3 Å². The second kappa shape index (κ2) is 5.57. The summed E-state index contributed by atoms with van der Waals surface area (Å²) in [5.74, 6) is 1.38. The Hall–Kier alpha value is -1.14. The Morgan fingerprint density at radius 2 is 1.95 bits per heavy atom. The van der Waals surface area contributed by atoms with Gasteiger partial charge in [-0.15, -0.1) is 0 Å². The first kappa shape index (κ1) is 14.8. The third kappa shape index (κ3) is 2.55. The molecule has 113 valence electrons. The van der Waals surface area contributed by atoms with Crippen LogP contribution in [0.25, 0.3) is 0 Å². The number of ether oxygens (including phenoxy) is 1. The molecule has 21 heavy (non-hydrogen) atoms. The maximum Gasteiger partial charge on any atom is 0.234 e. The smallest absolute Gasteiger partial charge is 0.234 e. The average Bonchev–Trinajstić information content (AvgIpc) is 2.80. The maximum atomic E-state index is 12.9. The van der Waals surface area contributed by atoms with Crippen LogP contribution < -0.4 is 9.64 Å². The Kier molecular flexibility index (Phi) is 3.92. The summed E-state index contributed by atoms with van der Waals surface area (Å²) in [6, 6.07) is 3.73. The standard InChI is InChI=1S/C15H19BrN3O2/c1-18-8-5-15(6-9-18)7-10-19(14(15)20)12-4-3-11(16)13(17-12)21-2/h3-4H,1,5-10H2,2H3. The van der Waals surface area contributed by atoms with E-state index in [1.54, 1.807) is 12.0 Å². The molecule has 0 bridgehead atoms. The molecule has 2 aliphatic heterocycles. The molecule has 3 rings (SSSR count). The molecule has 1 aromatic rings. The molecule has 0 saturated carbocycles. The molecule has 1 spiro atoms. The van der Waals surface area contributed by atoms with Crippen LogP contribution in [0.15, 0.2) is 16.6 Å². The van der Waals surface area contributed by atoms with Gasteiger partial charge in [-0.25, -0.2) is 0 Å². The molecular formula is C15H19BrN3O2. The Balaban J connectivity index is 1.83. The minimum absolute atomic E-state index is 0.201. The van der Waals surface area contributed by atoms with Gasteiger partial charge in [0.05, 0.1) is 17.0 Å². The molecular weight excluding hydrogens is 334 g/mol. The van der Waals surface area contributed by atoms with Crippen LogP contribution in [0.2, 0.25) is 0 Å². The van der Waals surface area contributed by atoms with Crippen LogP contribution in [0.1, 0.15) is 19.3 Å². The van der Waals surface area contributed by atoms with Crippen molar-refractivity contribution in [2.24, 2.45) is 5.41 Å². The number of hydrogen-bond donors (Lipinski definition) is 0. The zero-order valence-corrected chi connectivity index (χ0v) is 13.7. The van der Waals surface area contributed by atoms with Crippen molar-refractivity contribution in [1.82, 2.24) is 9.88 Å². The fourth-order valence-electron chi connectivity index (χ4n) is 3.19. The maximum absolute atomic E-state index is 12.9. The van der Waals surface area contributed by atoms with Gasteiger partial charge in [-0.1, -0.05) is 0 Å². The largest absolute Gasteiger partial charge is 0.480 e. The summed E-state index contributed by atoms with van der Waals surface area (Å²) in [5.41, 5.74) is -0.212. The van der Waals surface area contributed by atoms with Crippen molar-refractivity contribution in [2.75, 3.05) is 31.6 Å². The van der Waals surface area contributed by atoms with E-state index in [0.717, 1.165) is 43.4 Å². The molecule has 1 amide bonds. The predicted molar refractivity (Wildman–Crippen MR) is 84.1 cm³/mol. The number of piperidine rings is 1. The monoisotopic (exact) mass is 352 g/mol. The lowest BCUT2D eigenvalue weighted by molar-refractivity contribution is -0.127. The van der Waals surface area contributed by atoms with Gasteiger partial charge in [-0.2, -0.15) is 4.98 Å². The van der Waals surface area contributed by atoms with Crippen molar-refractivity contribution in [3.8, 4) is 5.88 Å². The van der Waals surface area contributed by atoms with E-state index >= 15 is 0 Å². The van der Waals surface area contributed by atoms with Crippen molar-refractivity contribution >= 4 is 27.7 Å². The highest BCUT2D eigenvalue weighted by Gasteiger charge is 2.48. The van der Waals surface area contributed by atoms with E-state index in [-0.39, 0.29) is 11.3 Å². The molecule has 1 radical (unpaired) electrons. The first-order chi connectivity index (χ1) is 10.1. The van der Waals surface area contributed by atoms with Crippen LogP contribution in [0, 0.1) is 12.5 Å². The molecule has 0 unspecified atom stereocenters. The molecule has 6 heteroatoms. The Bertz CT molecular complexity index is 556. The lowest BCUT2D eigenvalue weighted by atomic mass is 9.77. The summed E-state index contributed by atoms with van der Waals surface area (Å²) < 4.78 is 6.01. The summed E-state index contributed by atoms with van der Waals surface area (Å²) in [7, 11) is 5.54. The summed E-state index contributed by atoms with van der Waals surface area (Å²) in [4.78, 5) is 21.1.